The summed E-state index contributed by atoms with van der Waals surface area (Å²) >= 11 is 6.42. The van der Waals surface area contributed by atoms with E-state index in [1.54, 1.807) is 0 Å². The Balaban J connectivity index is 1.93. The van der Waals surface area contributed by atoms with E-state index < -0.39 is 0 Å². The summed E-state index contributed by atoms with van der Waals surface area (Å²) in [5.74, 6) is 0.692. The van der Waals surface area contributed by atoms with Crippen molar-refractivity contribution in [3.8, 4) is 0 Å². The molecule has 0 bridgehead atoms. The zero-order valence-corrected chi connectivity index (χ0v) is 18.9. The van der Waals surface area contributed by atoms with Crippen LogP contribution in [0.25, 0.3) is 6.08 Å². The summed E-state index contributed by atoms with van der Waals surface area (Å²) < 4.78 is 7.22. The Morgan fingerprint density at radius 3 is 2.55 bits per heavy atom. The summed E-state index contributed by atoms with van der Waals surface area (Å²) in [6.07, 6.45) is 8.14. The summed E-state index contributed by atoms with van der Waals surface area (Å²) in [6.45, 7) is 2.78. The highest BCUT2D eigenvalue weighted by molar-refractivity contribution is 6.31. The summed E-state index contributed by atoms with van der Waals surface area (Å²) in [5.41, 5.74) is 3.73. The lowest BCUT2D eigenvalue weighted by Gasteiger charge is -2.13. The van der Waals surface area contributed by atoms with Crippen LogP contribution < -0.4 is 0 Å². The molecule has 1 heterocycles. The van der Waals surface area contributed by atoms with E-state index in [1.807, 2.05) is 54.7 Å². The molecule has 0 aliphatic rings. The van der Waals surface area contributed by atoms with Crippen LogP contribution in [0.3, 0.4) is 0 Å². The molecule has 0 N–H and O–H groups in total. The summed E-state index contributed by atoms with van der Waals surface area (Å²) in [6, 6.07) is 18.0. The monoisotopic (exact) mass is 436 g/mol. The number of carbonyl (C=O) groups is 1. The number of unbranched alkanes of at least 4 members (excludes halogenated alkanes) is 1. The van der Waals surface area contributed by atoms with Crippen LogP contribution in [0, 0.1) is 0 Å². The molecule has 0 aliphatic carbocycles. The Hall–Kier alpha value is -2.85. The Labute approximate surface area is 189 Å². The maximum Gasteiger partial charge on any atom is 0.333 e. The van der Waals surface area contributed by atoms with Gasteiger partial charge in [-0.15, -0.1) is 0 Å². The number of halogens is 1. The van der Waals surface area contributed by atoms with Gasteiger partial charge in [0.05, 0.1) is 25.5 Å². The van der Waals surface area contributed by atoms with Crippen molar-refractivity contribution in [1.82, 2.24) is 9.55 Å². The van der Waals surface area contributed by atoms with Crippen LogP contribution in [0.1, 0.15) is 48.8 Å². The van der Waals surface area contributed by atoms with Crippen molar-refractivity contribution in [2.24, 2.45) is 0 Å². The number of aryl methyl sites for hydroxylation is 2. The van der Waals surface area contributed by atoms with Gasteiger partial charge in [0.15, 0.2) is 0 Å². The number of methoxy groups -OCH3 is 1. The standard InChI is InChI=1S/C26H29ClN2O2/c1-3-4-14-25-28-18-23(29(25)19-22-12-8-9-13-24(22)27)17-21(26(30)31-2)16-15-20-10-6-5-7-11-20/h5-13,17-18H,3-4,14-16,19H2,1-2H3/b21-17+. The largest absolute Gasteiger partial charge is 0.466 e. The van der Waals surface area contributed by atoms with E-state index in [2.05, 4.69) is 28.6 Å². The maximum absolute atomic E-state index is 12.5. The van der Waals surface area contributed by atoms with Crippen molar-refractivity contribution in [3.63, 3.8) is 0 Å². The summed E-state index contributed by atoms with van der Waals surface area (Å²) in [4.78, 5) is 17.2. The van der Waals surface area contributed by atoms with E-state index in [1.165, 1.54) is 12.7 Å². The average molecular weight is 437 g/mol. The van der Waals surface area contributed by atoms with Crippen LogP contribution in [0.4, 0.5) is 0 Å². The lowest BCUT2D eigenvalue weighted by atomic mass is 10.0. The van der Waals surface area contributed by atoms with E-state index in [9.17, 15) is 4.79 Å². The zero-order chi connectivity index (χ0) is 22.1. The smallest absolute Gasteiger partial charge is 0.333 e. The minimum Gasteiger partial charge on any atom is -0.466 e. The Morgan fingerprint density at radius 2 is 1.84 bits per heavy atom. The molecule has 1 aromatic heterocycles. The fraction of sp³-hybridized carbons (Fsp3) is 0.308. The molecular weight excluding hydrogens is 408 g/mol. The molecule has 0 radical (unpaired) electrons. The van der Waals surface area contributed by atoms with Gasteiger partial charge in [0, 0.05) is 17.0 Å². The van der Waals surface area contributed by atoms with Crippen molar-refractivity contribution < 1.29 is 9.53 Å². The molecule has 0 saturated heterocycles. The highest BCUT2D eigenvalue weighted by atomic mass is 35.5. The second kappa shape index (κ2) is 11.5. The van der Waals surface area contributed by atoms with Gasteiger partial charge in [0.2, 0.25) is 0 Å². The molecule has 0 saturated carbocycles. The number of ether oxygens (including phenoxy) is 1. The highest BCUT2D eigenvalue weighted by Gasteiger charge is 2.15. The summed E-state index contributed by atoms with van der Waals surface area (Å²) in [7, 11) is 1.42. The van der Waals surface area contributed by atoms with Gasteiger partial charge in [0.1, 0.15) is 5.82 Å². The number of nitrogens with zero attached hydrogens (tertiary/aromatic N) is 2. The van der Waals surface area contributed by atoms with Crippen molar-refractivity contribution in [3.05, 3.63) is 94.0 Å². The highest BCUT2D eigenvalue weighted by Crippen LogP contribution is 2.22. The average Bonchev–Trinajstić information content (AvgIpc) is 3.17. The van der Waals surface area contributed by atoms with E-state index in [0.29, 0.717) is 18.5 Å². The molecule has 4 nitrogen and oxygen atoms in total. The molecule has 3 rings (SSSR count). The molecule has 31 heavy (non-hydrogen) atoms. The molecule has 3 aromatic rings. The molecule has 0 spiro atoms. The minimum absolute atomic E-state index is 0.309. The Morgan fingerprint density at radius 1 is 1.10 bits per heavy atom. The number of esters is 1. The Bertz CT molecular complexity index is 1020. The molecular formula is C26H29ClN2O2. The maximum atomic E-state index is 12.5. The molecule has 162 valence electrons. The first-order valence-electron chi connectivity index (χ1n) is 10.7. The molecule has 2 aromatic carbocycles. The van der Waals surface area contributed by atoms with Crippen LogP contribution in [0.15, 0.2) is 66.4 Å². The number of aromatic nitrogens is 2. The van der Waals surface area contributed by atoms with Gasteiger partial charge in [-0.2, -0.15) is 0 Å². The fourth-order valence-corrected chi connectivity index (χ4v) is 3.72. The number of rotatable bonds is 10. The van der Waals surface area contributed by atoms with Crippen LogP contribution in [-0.2, 0) is 28.9 Å². The van der Waals surface area contributed by atoms with Crippen molar-refractivity contribution in [2.45, 2.75) is 45.6 Å². The second-order valence-corrected chi connectivity index (χ2v) is 7.93. The first-order valence-corrected chi connectivity index (χ1v) is 11.1. The van der Waals surface area contributed by atoms with Crippen LogP contribution in [0.2, 0.25) is 5.02 Å². The van der Waals surface area contributed by atoms with Gasteiger partial charge >= 0.3 is 5.97 Å². The van der Waals surface area contributed by atoms with Crippen molar-refractivity contribution in [1.29, 1.82) is 0 Å². The lowest BCUT2D eigenvalue weighted by Crippen LogP contribution is -2.10. The molecule has 0 unspecified atom stereocenters. The molecule has 0 atom stereocenters. The Kier molecular flexibility index (Phi) is 8.48. The third-order valence-corrected chi connectivity index (χ3v) is 5.67. The predicted octanol–water partition coefficient (Wildman–Crippen LogP) is 6.12. The predicted molar refractivity (Wildman–Crippen MR) is 126 cm³/mol. The van der Waals surface area contributed by atoms with Gasteiger partial charge in [0.25, 0.3) is 0 Å². The van der Waals surface area contributed by atoms with E-state index in [4.69, 9.17) is 16.3 Å². The van der Waals surface area contributed by atoms with Crippen molar-refractivity contribution in [2.75, 3.05) is 7.11 Å². The van der Waals surface area contributed by atoms with Gasteiger partial charge in [-0.3, -0.25) is 0 Å². The third kappa shape index (κ3) is 6.31. The lowest BCUT2D eigenvalue weighted by molar-refractivity contribution is -0.136. The van der Waals surface area contributed by atoms with E-state index in [0.717, 1.165) is 47.8 Å². The van der Waals surface area contributed by atoms with Crippen LogP contribution >= 0.6 is 11.6 Å². The third-order valence-electron chi connectivity index (χ3n) is 5.30. The van der Waals surface area contributed by atoms with Gasteiger partial charge in [-0.05, 0) is 42.5 Å². The van der Waals surface area contributed by atoms with Gasteiger partial charge in [-0.25, -0.2) is 9.78 Å². The van der Waals surface area contributed by atoms with Gasteiger partial charge < -0.3 is 9.30 Å². The molecule has 0 fully saturated rings. The van der Waals surface area contributed by atoms with Crippen molar-refractivity contribution >= 4 is 23.6 Å². The first-order chi connectivity index (χ1) is 15.1. The number of hydrogen-bond acceptors (Lipinski definition) is 3. The SMILES string of the molecule is CCCCc1ncc(/C=C(\CCc2ccccc2)C(=O)OC)n1Cc1ccccc1Cl. The number of carbonyl (C=O) groups excluding carboxylic acids is 1. The molecule has 5 heteroatoms. The second-order valence-electron chi connectivity index (χ2n) is 7.53. The van der Waals surface area contributed by atoms with E-state index in [-0.39, 0.29) is 5.97 Å². The van der Waals surface area contributed by atoms with Crippen LogP contribution in [0.5, 0.6) is 0 Å². The summed E-state index contributed by atoms with van der Waals surface area (Å²) in [5, 5.41) is 0.727. The molecule has 0 aliphatic heterocycles. The topological polar surface area (TPSA) is 44.1 Å². The fourth-order valence-electron chi connectivity index (χ4n) is 3.52. The minimum atomic E-state index is -0.309. The quantitative estimate of drug-likeness (QED) is 0.284. The number of benzene rings is 2. The zero-order valence-electron chi connectivity index (χ0n) is 18.2. The molecule has 0 amide bonds. The normalized spacial score (nSPS) is 11.5. The van der Waals surface area contributed by atoms with E-state index >= 15 is 0 Å². The van der Waals surface area contributed by atoms with Crippen LogP contribution in [-0.4, -0.2) is 22.6 Å². The first kappa shape index (κ1) is 22.8. The number of imidazole rings is 1. The van der Waals surface area contributed by atoms with Gasteiger partial charge in [-0.1, -0.05) is 73.5 Å². The number of hydrogen-bond donors (Lipinski definition) is 0.